The first-order chi connectivity index (χ1) is 16.3. The van der Waals surface area contributed by atoms with E-state index in [0.29, 0.717) is 11.3 Å². The number of carbonyl (C=O) groups excluding carboxylic acids is 2. The lowest BCUT2D eigenvalue weighted by Gasteiger charge is -2.09. The fraction of sp³-hybridized carbons (Fsp3) is 0.0870. The third-order valence-corrected chi connectivity index (χ3v) is 4.68. The molecule has 0 aliphatic rings. The Labute approximate surface area is 198 Å². The molecule has 3 aromatic carbocycles. The molecule has 3 aromatic rings. The van der Waals surface area contributed by atoms with Gasteiger partial charge < -0.3 is 10.1 Å². The smallest absolute Gasteiger partial charge is 0.273 e. The summed E-state index contributed by atoms with van der Waals surface area (Å²) < 4.78 is 18.3. The van der Waals surface area contributed by atoms with E-state index in [-0.39, 0.29) is 35.1 Å². The highest BCUT2D eigenvalue weighted by molar-refractivity contribution is 6.32. The normalized spacial score (nSPS) is 10.6. The van der Waals surface area contributed by atoms with E-state index in [4.69, 9.17) is 16.3 Å². The summed E-state index contributed by atoms with van der Waals surface area (Å²) in [5.74, 6) is -1.13. The van der Waals surface area contributed by atoms with Crippen LogP contribution in [0.25, 0.3) is 0 Å². The van der Waals surface area contributed by atoms with Crippen LogP contribution in [0.4, 0.5) is 15.8 Å². The van der Waals surface area contributed by atoms with Gasteiger partial charge >= 0.3 is 0 Å². The molecule has 0 saturated carbocycles. The molecule has 0 fully saturated rings. The summed E-state index contributed by atoms with van der Waals surface area (Å²) in [7, 11) is 0. The molecular formula is C23H18ClFN4O5. The number of amides is 2. The second-order valence-corrected chi connectivity index (χ2v) is 7.30. The number of carbonyl (C=O) groups is 2. The molecule has 0 aliphatic heterocycles. The van der Waals surface area contributed by atoms with Gasteiger partial charge in [-0.15, -0.1) is 0 Å². The van der Waals surface area contributed by atoms with Crippen LogP contribution in [0.1, 0.15) is 11.1 Å². The van der Waals surface area contributed by atoms with E-state index >= 15 is 0 Å². The van der Waals surface area contributed by atoms with Gasteiger partial charge in [-0.2, -0.15) is 5.10 Å². The third-order valence-electron chi connectivity index (χ3n) is 4.38. The molecule has 0 heterocycles. The second kappa shape index (κ2) is 11.5. The van der Waals surface area contributed by atoms with Crippen molar-refractivity contribution in [2.75, 3.05) is 11.9 Å². The zero-order chi connectivity index (χ0) is 24.5. The van der Waals surface area contributed by atoms with E-state index in [0.717, 1.165) is 0 Å². The highest BCUT2D eigenvalue weighted by Crippen LogP contribution is 2.25. The zero-order valence-electron chi connectivity index (χ0n) is 17.5. The van der Waals surface area contributed by atoms with Crippen LogP contribution < -0.4 is 15.5 Å². The van der Waals surface area contributed by atoms with E-state index in [1.807, 2.05) is 0 Å². The number of nitro groups is 1. The Bertz CT molecular complexity index is 1230. The Morgan fingerprint density at radius 2 is 1.82 bits per heavy atom. The number of hydrazone groups is 1. The summed E-state index contributed by atoms with van der Waals surface area (Å²) in [5.41, 5.74) is 3.40. The molecule has 11 heteroatoms. The summed E-state index contributed by atoms with van der Waals surface area (Å²) in [6.07, 6.45) is 1.14. The third kappa shape index (κ3) is 7.10. The second-order valence-electron chi connectivity index (χ2n) is 6.89. The van der Waals surface area contributed by atoms with Gasteiger partial charge in [0.2, 0.25) is 5.91 Å². The molecule has 0 bridgehead atoms. The molecule has 0 aromatic heterocycles. The predicted octanol–water partition coefficient (Wildman–Crippen LogP) is 4.10. The van der Waals surface area contributed by atoms with Crippen molar-refractivity contribution in [1.29, 1.82) is 0 Å². The van der Waals surface area contributed by atoms with Crippen LogP contribution in [0.5, 0.6) is 5.75 Å². The number of nitro benzene ring substituents is 1. The van der Waals surface area contributed by atoms with Crippen LogP contribution in [0, 0.1) is 15.9 Å². The number of anilines is 1. The fourth-order valence-electron chi connectivity index (χ4n) is 2.82. The van der Waals surface area contributed by atoms with E-state index in [2.05, 4.69) is 15.8 Å². The average Bonchev–Trinajstić information content (AvgIpc) is 2.80. The number of nitrogens with one attached hydrogen (secondary N) is 2. The Balaban J connectivity index is 1.50. The maximum Gasteiger partial charge on any atom is 0.273 e. The number of rotatable bonds is 9. The van der Waals surface area contributed by atoms with Crippen LogP contribution in [-0.2, 0) is 16.0 Å². The van der Waals surface area contributed by atoms with Crippen molar-refractivity contribution in [2.45, 2.75) is 6.42 Å². The molecule has 34 heavy (non-hydrogen) atoms. The average molecular weight is 485 g/mol. The maximum absolute atomic E-state index is 12.9. The number of ether oxygens (including phenoxy) is 1. The Kier molecular flexibility index (Phi) is 8.25. The number of hydrogen-bond donors (Lipinski definition) is 2. The Hall–Kier alpha value is -4.31. The van der Waals surface area contributed by atoms with Crippen molar-refractivity contribution in [3.05, 3.63) is 98.8 Å². The Morgan fingerprint density at radius 3 is 2.53 bits per heavy atom. The van der Waals surface area contributed by atoms with E-state index in [1.54, 1.807) is 12.1 Å². The van der Waals surface area contributed by atoms with Gasteiger partial charge in [-0.05, 0) is 48.0 Å². The maximum atomic E-state index is 12.9. The van der Waals surface area contributed by atoms with Crippen LogP contribution in [0.3, 0.4) is 0 Å². The molecule has 0 spiro atoms. The molecule has 0 atom stereocenters. The van der Waals surface area contributed by atoms with Crippen molar-refractivity contribution in [3.8, 4) is 5.75 Å². The van der Waals surface area contributed by atoms with Gasteiger partial charge in [-0.1, -0.05) is 29.8 Å². The first-order valence-corrected chi connectivity index (χ1v) is 10.2. The highest BCUT2D eigenvalue weighted by Gasteiger charge is 2.15. The summed E-state index contributed by atoms with van der Waals surface area (Å²) in [6, 6.07) is 15.9. The summed E-state index contributed by atoms with van der Waals surface area (Å²) >= 11 is 6.18. The van der Waals surface area contributed by atoms with Gasteiger partial charge in [0.05, 0.1) is 22.6 Å². The predicted molar refractivity (Wildman–Crippen MR) is 125 cm³/mol. The lowest BCUT2D eigenvalue weighted by Crippen LogP contribution is -2.20. The quantitative estimate of drug-likeness (QED) is 0.269. The minimum atomic E-state index is -0.552. The standard InChI is InChI=1S/C23H18ClFN4O5/c24-19-11-15(13-26-28-22(30)12-16-3-1-2-4-20(16)29(32)33)5-10-21(19)34-14-23(31)27-18-8-6-17(25)7-9-18/h1-11,13H,12,14H2,(H,27,31)(H,28,30). The van der Waals surface area contributed by atoms with Gasteiger partial charge in [0.15, 0.2) is 6.61 Å². The largest absolute Gasteiger partial charge is 0.482 e. The fourth-order valence-corrected chi connectivity index (χ4v) is 3.06. The van der Waals surface area contributed by atoms with Crippen molar-refractivity contribution in [1.82, 2.24) is 5.43 Å². The van der Waals surface area contributed by atoms with E-state index in [1.165, 1.54) is 60.8 Å². The van der Waals surface area contributed by atoms with Gasteiger partial charge in [-0.25, -0.2) is 9.82 Å². The first-order valence-electron chi connectivity index (χ1n) is 9.84. The number of hydrogen-bond acceptors (Lipinski definition) is 6. The number of halogens is 2. The van der Waals surface area contributed by atoms with Gasteiger partial charge in [-0.3, -0.25) is 19.7 Å². The van der Waals surface area contributed by atoms with Crippen LogP contribution in [0.2, 0.25) is 5.02 Å². The van der Waals surface area contributed by atoms with Crippen LogP contribution >= 0.6 is 11.6 Å². The molecule has 0 unspecified atom stereocenters. The number of benzene rings is 3. The van der Waals surface area contributed by atoms with Gasteiger partial charge in [0.25, 0.3) is 11.6 Å². The minimum Gasteiger partial charge on any atom is -0.482 e. The molecule has 0 saturated heterocycles. The topological polar surface area (TPSA) is 123 Å². The Morgan fingerprint density at radius 1 is 1.09 bits per heavy atom. The molecule has 2 N–H and O–H groups in total. The molecule has 174 valence electrons. The summed E-state index contributed by atoms with van der Waals surface area (Å²) in [6.45, 7) is -0.313. The summed E-state index contributed by atoms with van der Waals surface area (Å²) in [5, 5.41) is 17.6. The SMILES string of the molecule is O=C(Cc1ccccc1[N+](=O)[O-])NN=Cc1ccc(OCC(=O)Nc2ccc(F)cc2)c(Cl)c1. The minimum absolute atomic E-state index is 0.143. The number of para-hydroxylation sites is 1. The van der Waals surface area contributed by atoms with Gasteiger partial charge in [0, 0.05) is 17.3 Å². The van der Waals surface area contributed by atoms with E-state index < -0.39 is 22.6 Å². The summed E-state index contributed by atoms with van der Waals surface area (Å²) in [4.78, 5) is 34.5. The highest BCUT2D eigenvalue weighted by atomic mass is 35.5. The van der Waals surface area contributed by atoms with Crippen LogP contribution in [0.15, 0.2) is 71.8 Å². The first kappa shape index (κ1) is 24.3. The number of nitrogens with zero attached hydrogens (tertiary/aromatic N) is 2. The molecule has 0 aliphatic carbocycles. The van der Waals surface area contributed by atoms with Crippen LogP contribution in [-0.4, -0.2) is 29.6 Å². The monoisotopic (exact) mass is 484 g/mol. The van der Waals surface area contributed by atoms with Crippen molar-refractivity contribution >= 4 is 41.0 Å². The van der Waals surface area contributed by atoms with Crippen molar-refractivity contribution in [3.63, 3.8) is 0 Å². The molecule has 0 radical (unpaired) electrons. The molecule has 2 amide bonds. The molecule has 3 rings (SSSR count). The molecule has 9 nitrogen and oxygen atoms in total. The van der Waals surface area contributed by atoms with E-state index in [9.17, 15) is 24.1 Å². The lowest BCUT2D eigenvalue weighted by molar-refractivity contribution is -0.385. The van der Waals surface area contributed by atoms with Gasteiger partial charge in [0.1, 0.15) is 11.6 Å². The zero-order valence-corrected chi connectivity index (χ0v) is 18.3. The molecular weight excluding hydrogens is 467 g/mol. The van der Waals surface area contributed by atoms with Crippen molar-refractivity contribution in [2.24, 2.45) is 5.10 Å². The lowest BCUT2D eigenvalue weighted by atomic mass is 10.1. The van der Waals surface area contributed by atoms with Crippen molar-refractivity contribution < 1.29 is 23.6 Å².